The van der Waals surface area contributed by atoms with Gasteiger partial charge in [-0.1, -0.05) is 12.1 Å². The van der Waals surface area contributed by atoms with Crippen LogP contribution in [0.5, 0.6) is 0 Å². The molecule has 24 heavy (non-hydrogen) atoms. The number of nitrogens with zero attached hydrogens (tertiary/aromatic N) is 1. The van der Waals surface area contributed by atoms with Gasteiger partial charge in [0.05, 0.1) is 24.4 Å². The second kappa shape index (κ2) is 7.62. The summed E-state index contributed by atoms with van der Waals surface area (Å²) in [5, 5.41) is 11.0. The van der Waals surface area contributed by atoms with Gasteiger partial charge in [0.25, 0.3) is 5.91 Å². The third-order valence-corrected chi connectivity index (χ3v) is 3.36. The molecule has 0 saturated heterocycles. The zero-order valence-electron chi connectivity index (χ0n) is 12.9. The van der Waals surface area contributed by atoms with Gasteiger partial charge in [0.1, 0.15) is 6.54 Å². The van der Waals surface area contributed by atoms with Gasteiger partial charge in [0.2, 0.25) is 0 Å². The average Bonchev–Trinajstić information content (AvgIpc) is 2.56. The highest BCUT2D eigenvalue weighted by Gasteiger charge is 2.17. The Morgan fingerprint density at radius 1 is 1.12 bits per heavy atom. The van der Waals surface area contributed by atoms with Crippen LogP contribution >= 0.6 is 0 Å². The molecule has 1 amide bonds. The van der Waals surface area contributed by atoms with Crippen LogP contribution in [-0.2, 0) is 11.3 Å². The van der Waals surface area contributed by atoms with Gasteiger partial charge in [-0.3, -0.25) is 4.79 Å². The number of amides is 1. The van der Waals surface area contributed by atoms with Gasteiger partial charge in [-0.15, -0.1) is 0 Å². The smallest absolute Gasteiger partial charge is 0.279 e. The van der Waals surface area contributed by atoms with E-state index in [2.05, 4.69) is 5.32 Å². The molecule has 2 aromatic carbocycles. The Morgan fingerprint density at radius 2 is 1.79 bits per heavy atom. The molecular weight excluding hydrogens is 319 g/mol. The van der Waals surface area contributed by atoms with Crippen molar-refractivity contribution in [2.45, 2.75) is 6.54 Å². The van der Waals surface area contributed by atoms with Gasteiger partial charge < -0.3 is 10.2 Å². The van der Waals surface area contributed by atoms with E-state index >= 15 is 0 Å². The van der Waals surface area contributed by atoms with Crippen LogP contribution in [0.2, 0.25) is 0 Å². The van der Waals surface area contributed by atoms with Crippen LogP contribution in [0.1, 0.15) is 11.1 Å². The number of hydrogen-bond acceptors (Lipinski definition) is 2. The standard InChI is InChI=1S/C17H14F3N3O/c1-23(9-12-4-2-11(8-21)3-5-12)10-15(24)22-14-7-6-13(18)16(19)17(14)20/h2-7H,9-10H2,1H3,(H,22,24)/p+1. The number of anilines is 1. The van der Waals surface area contributed by atoms with Gasteiger partial charge in [-0.2, -0.15) is 5.26 Å². The molecule has 124 valence electrons. The van der Waals surface area contributed by atoms with E-state index < -0.39 is 29.0 Å². The van der Waals surface area contributed by atoms with Crippen LogP contribution in [-0.4, -0.2) is 19.5 Å². The number of likely N-dealkylation sites (N-methyl/N-ethyl adjacent to an activating group) is 1. The molecule has 1 atom stereocenters. The first-order valence-corrected chi connectivity index (χ1v) is 7.14. The molecule has 4 nitrogen and oxygen atoms in total. The van der Waals surface area contributed by atoms with Gasteiger partial charge >= 0.3 is 0 Å². The zero-order valence-corrected chi connectivity index (χ0v) is 12.9. The highest BCUT2D eigenvalue weighted by Crippen LogP contribution is 2.19. The summed E-state index contributed by atoms with van der Waals surface area (Å²) in [6.07, 6.45) is 0. The summed E-state index contributed by atoms with van der Waals surface area (Å²) >= 11 is 0. The van der Waals surface area contributed by atoms with Crippen LogP contribution in [0.25, 0.3) is 0 Å². The fraction of sp³-hybridized carbons (Fsp3) is 0.176. The first kappa shape index (κ1) is 17.5. The van der Waals surface area contributed by atoms with Gasteiger partial charge in [-0.25, -0.2) is 13.2 Å². The number of quaternary nitrogens is 1. The molecule has 0 aliphatic rings. The second-order valence-electron chi connectivity index (χ2n) is 5.39. The molecule has 2 rings (SSSR count). The maximum absolute atomic E-state index is 13.5. The van der Waals surface area contributed by atoms with Crippen LogP contribution in [0.15, 0.2) is 36.4 Å². The Bertz CT molecular complexity index is 785. The van der Waals surface area contributed by atoms with E-state index in [-0.39, 0.29) is 6.54 Å². The van der Waals surface area contributed by atoms with Gasteiger partial charge in [-0.05, 0) is 24.3 Å². The third kappa shape index (κ3) is 4.33. The van der Waals surface area contributed by atoms with E-state index in [1.165, 1.54) is 0 Å². The molecule has 0 fully saturated rings. The van der Waals surface area contributed by atoms with Gasteiger partial charge in [0.15, 0.2) is 24.0 Å². The lowest BCUT2D eigenvalue weighted by molar-refractivity contribution is -0.885. The predicted octanol–water partition coefficient (Wildman–Crippen LogP) is 1.63. The molecule has 7 heteroatoms. The van der Waals surface area contributed by atoms with Crippen LogP contribution < -0.4 is 10.2 Å². The van der Waals surface area contributed by atoms with Gasteiger partial charge in [0, 0.05) is 5.56 Å². The summed E-state index contributed by atoms with van der Waals surface area (Å²) < 4.78 is 39.5. The minimum absolute atomic E-state index is 0.0123. The largest absolute Gasteiger partial charge is 0.326 e. The van der Waals surface area contributed by atoms with E-state index in [0.29, 0.717) is 12.1 Å². The Labute approximate surface area is 137 Å². The summed E-state index contributed by atoms with van der Waals surface area (Å²) in [6.45, 7) is 0.526. The molecule has 0 aliphatic carbocycles. The molecule has 0 saturated carbocycles. The van der Waals surface area contributed by atoms with Crippen LogP contribution in [0.3, 0.4) is 0 Å². The number of nitriles is 1. The van der Waals surface area contributed by atoms with Crippen molar-refractivity contribution in [1.29, 1.82) is 5.26 Å². The lowest BCUT2D eigenvalue weighted by Gasteiger charge is -2.14. The highest BCUT2D eigenvalue weighted by atomic mass is 19.2. The minimum atomic E-state index is -1.62. The van der Waals surface area contributed by atoms with Crippen molar-refractivity contribution in [3.63, 3.8) is 0 Å². The average molecular weight is 334 g/mol. The lowest BCUT2D eigenvalue weighted by atomic mass is 10.1. The van der Waals surface area contributed by atoms with Crippen molar-refractivity contribution in [2.24, 2.45) is 0 Å². The topological polar surface area (TPSA) is 57.3 Å². The molecule has 0 aromatic heterocycles. The number of nitrogens with one attached hydrogen (secondary N) is 2. The summed E-state index contributed by atoms with van der Waals surface area (Å²) in [4.78, 5) is 12.7. The summed E-state index contributed by atoms with van der Waals surface area (Å²) in [5.41, 5.74) is 1.08. The molecule has 0 bridgehead atoms. The second-order valence-corrected chi connectivity index (χ2v) is 5.39. The SMILES string of the molecule is C[NH+](CC(=O)Nc1ccc(F)c(F)c1F)Cc1ccc(C#N)cc1. The summed E-state index contributed by atoms with van der Waals surface area (Å²) in [5.74, 6) is -4.88. The number of hydrogen-bond donors (Lipinski definition) is 2. The number of benzene rings is 2. The van der Waals surface area contributed by atoms with Crippen molar-refractivity contribution >= 4 is 11.6 Å². The van der Waals surface area contributed by atoms with Crippen molar-refractivity contribution in [3.8, 4) is 6.07 Å². The first-order valence-electron chi connectivity index (χ1n) is 7.14. The Morgan fingerprint density at radius 3 is 2.42 bits per heavy atom. The molecule has 0 heterocycles. The van der Waals surface area contributed by atoms with Crippen molar-refractivity contribution in [2.75, 3.05) is 18.9 Å². The van der Waals surface area contributed by atoms with E-state index in [4.69, 9.17) is 5.26 Å². The Balaban J connectivity index is 1.94. The molecule has 0 radical (unpaired) electrons. The number of carbonyl (C=O) groups excluding carboxylic acids is 1. The normalized spacial score (nSPS) is 11.6. The van der Waals surface area contributed by atoms with E-state index in [0.717, 1.165) is 22.6 Å². The number of rotatable bonds is 5. The van der Waals surface area contributed by atoms with E-state index in [1.54, 1.807) is 31.3 Å². The minimum Gasteiger partial charge on any atom is -0.326 e. The maximum atomic E-state index is 13.5. The van der Waals surface area contributed by atoms with Crippen molar-refractivity contribution in [3.05, 3.63) is 65.0 Å². The van der Waals surface area contributed by atoms with Crippen LogP contribution in [0, 0.1) is 28.8 Å². The van der Waals surface area contributed by atoms with Crippen molar-refractivity contribution < 1.29 is 22.9 Å². The number of halogens is 3. The van der Waals surface area contributed by atoms with Crippen LogP contribution in [0.4, 0.5) is 18.9 Å². The molecule has 0 aliphatic heterocycles. The Kier molecular flexibility index (Phi) is 5.55. The Hall–Kier alpha value is -2.85. The lowest BCUT2D eigenvalue weighted by Crippen LogP contribution is -3.08. The molecule has 2 aromatic rings. The molecule has 0 spiro atoms. The third-order valence-electron chi connectivity index (χ3n) is 3.36. The summed E-state index contributed by atoms with van der Waals surface area (Å²) in [7, 11) is 1.76. The monoisotopic (exact) mass is 334 g/mol. The fourth-order valence-corrected chi connectivity index (χ4v) is 2.20. The number of carbonyl (C=O) groups is 1. The quantitative estimate of drug-likeness (QED) is 0.817. The van der Waals surface area contributed by atoms with E-state index in [9.17, 15) is 18.0 Å². The fourth-order valence-electron chi connectivity index (χ4n) is 2.20. The summed E-state index contributed by atoms with van der Waals surface area (Å²) in [6, 6.07) is 10.7. The maximum Gasteiger partial charge on any atom is 0.279 e. The first-order chi connectivity index (χ1) is 11.4. The predicted molar refractivity (Wildman–Crippen MR) is 81.6 cm³/mol. The zero-order chi connectivity index (χ0) is 17.7. The molecule has 2 N–H and O–H groups in total. The van der Waals surface area contributed by atoms with Crippen molar-refractivity contribution in [1.82, 2.24) is 0 Å². The highest BCUT2D eigenvalue weighted by molar-refractivity contribution is 5.91. The van der Waals surface area contributed by atoms with E-state index in [1.807, 2.05) is 6.07 Å². The molecular formula is C17H15F3N3O+. The molecule has 1 unspecified atom stereocenters.